The van der Waals surface area contributed by atoms with Gasteiger partial charge in [0.25, 0.3) is 0 Å². The summed E-state index contributed by atoms with van der Waals surface area (Å²) in [5.74, 6) is 1.37. The molecule has 0 heterocycles. The van der Waals surface area contributed by atoms with Crippen LogP contribution in [0.2, 0.25) is 13.1 Å². The molecule has 8 aromatic rings. The van der Waals surface area contributed by atoms with E-state index >= 15 is 0 Å². The van der Waals surface area contributed by atoms with Crippen molar-refractivity contribution in [1.82, 2.24) is 0 Å². The zero-order chi connectivity index (χ0) is 37.5. The average molecular weight is 792 g/mol. The summed E-state index contributed by atoms with van der Waals surface area (Å²) in [5.41, 5.74) is 13.8. The Bertz CT molecular complexity index is 2550. The molecule has 2 aliphatic rings. The Hall–Kier alpha value is -4.36. The summed E-state index contributed by atoms with van der Waals surface area (Å²) in [4.78, 5) is 0. The van der Waals surface area contributed by atoms with Crippen LogP contribution >= 0.6 is 0 Å². The standard InChI is InChI=1S/2C25H21.C2H6Si.Zr/c2*1-16(2)13-17-14-20-6-4-7-21(24(20)15-17)22-12-11-19-10-9-18-5-3-8-23(22)25(18)19;1-3-2;/h2*3-12,14-16H,13H2,1-2H3;1-2H3;/q2*-1;;+2. The first-order chi connectivity index (χ1) is 26.1. The van der Waals surface area contributed by atoms with Gasteiger partial charge in [0.2, 0.25) is 0 Å². The Morgan fingerprint density at radius 1 is 0.463 bits per heavy atom. The van der Waals surface area contributed by atoms with Gasteiger partial charge in [-0.05, 0) is 79.6 Å². The van der Waals surface area contributed by atoms with Crippen LogP contribution in [0.5, 0.6) is 0 Å². The third kappa shape index (κ3) is 7.24. The molecule has 2 heteroatoms. The molecule has 10 rings (SSSR count). The minimum atomic E-state index is 0.210. The molecule has 54 heavy (non-hydrogen) atoms. The van der Waals surface area contributed by atoms with Gasteiger partial charge in [0.1, 0.15) is 0 Å². The van der Waals surface area contributed by atoms with Crippen molar-refractivity contribution in [1.29, 1.82) is 0 Å². The van der Waals surface area contributed by atoms with Gasteiger partial charge >= 0.3 is 41.9 Å². The molecule has 8 aromatic carbocycles. The van der Waals surface area contributed by atoms with Crippen molar-refractivity contribution in [2.45, 2.75) is 53.6 Å². The SMILES string of the molecule is CC(C)Cc1cc2c(-c3ccc4c5c(cccc35)C=C4)cccc2[cH-]1.CC(C)Cc1cc2c(-c3ccc4c5c(cccc35)C=C4)cccc2[cH-]1.C[Si](C)=[Zr+2]. The molecule has 2 aliphatic carbocycles. The van der Waals surface area contributed by atoms with Gasteiger partial charge in [0.05, 0.1) is 0 Å². The Morgan fingerprint density at radius 2 is 0.815 bits per heavy atom. The van der Waals surface area contributed by atoms with Crippen LogP contribution in [0, 0.1) is 11.8 Å². The second-order valence-electron chi connectivity index (χ2n) is 16.2. The molecule has 0 fully saturated rings. The van der Waals surface area contributed by atoms with Crippen LogP contribution in [-0.2, 0) is 36.2 Å². The first-order valence-corrected chi connectivity index (χ1v) is 25.7. The maximum atomic E-state index is 2.39. The molecule has 0 saturated heterocycles. The fraction of sp³-hybridized carbons (Fsp3) is 0.192. The number of hydrogen-bond donors (Lipinski definition) is 0. The van der Waals surface area contributed by atoms with E-state index in [0.29, 0.717) is 11.8 Å². The summed E-state index contributed by atoms with van der Waals surface area (Å²) in [6, 6.07) is 45.3. The van der Waals surface area contributed by atoms with Crippen molar-refractivity contribution in [2.75, 3.05) is 0 Å². The van der Waals surface area contributed by atoms with Crippen LogP contribution in [0.4, 0.5) is 0 Å². The summed E-state index contributed by atoms with van der Waals surface area (Å²) in [6.45, 7) is 13.8. The van der Waals surface area contributed by atoms with E-state index in [1.54, 1.807) is 23.3 Å². The monoisotopic (exact) mass is 790 g/mol. The molecular formula is C52H48SiZr. The van der Waals surface area contributed by atoms with Gasteiger partial charge in [-0.2, -0.15) is 12.1 Å². The van der Waals surface area contributed by atoms with Crippen molar-refractivity contribution >= 4 is 72.8 Å². The molecule has 0 aliphatic heterocycles. The first kappa shape index (κ1) is 36.6. The molecule has 0 bridgehead atoms. The number of benzene rings is 6. The normalized spacial score (nSPS) is 12.3. The second kappa shape index (κ2) is 15.4. The Kier molecular flexibility index (Phi) is 10.4. The average Bonchev–Trinajstić information content (AvgIpc) is 3.94. The van der Waals surface area contributed by atoms with Gasteiger partial charge in [-0.15, -0.1) is 69.1 Å². The zero-order valence-corrected chi connectivity index (χ0v) is 35.9. The van der Waals surface area contributed by atoms with Gasteiger partial charge in [-0.1, -0.05) is 136 Å². The van der Waals surface area contributed by atoms with Crippen LogP contribution in [0.25, 0.3) is 89.6 Å². The predicted octanol–water partition coefficient (Wildman–Crippen LogP) is 14.9. The molecule has 0 N–H and O–H groups in total. The summed E-state index contributed by atoms with van der Waals surface area (Å²) in [5, 5.41) is 11.0. The van der Waals surface area contributed by atoms with Crippen molar-refractivity contribution in [3.05, 3.63) is 155 Å². The molecule has 0 atom stereocenters. The second-order valence-corrected chi connectivity index (χ2v) is 25.5. The van der Waals surface area contributed by atoms with Crippen molar-refractivity contribution in [2.24, 2.45) is 11.8 Å². The quantitative estimate of drug-likeness (QED) is 0.116. The van der Waals surface area contributed by atoms with E-state index in [-0.39, 0.29) is 5.43 Å². The van der Waals surface area contributed by atoms with Gasteiger partial charge in [-0.25, -0.2) is 0 Å². The minimum absolute atomic E-state index is 0.210. The molecule has 0 aromatic heterocycles. The van der Waals surface area contributed by atoms with E-state index < -0.39 is 0 Å². The Morgan fingerprint density at radius 3 is 1.20 bits per heavy atom. The summed E-state index contributed by atoms with van der Waals surface area (Å²) < 4.78 is 0. The molecule has 0 unspecified atom stereocenters. The molecular weight excluding hydrogens is 744 g/mol. The van der Waals surface area contributed by atoms with E-state index in [4.69, 9.17) is 0 Å². The molecule has 0 amide bonds. The fourth-order valence-electron chi connectivity index (χ4n) is 8.55. The van der Waals surface area contributed by atoms with Gasteiger partial charge in [0, 0.05) is 0 Å². The van der Waals surface area contributed by atoms with Crippen LogP contribution in [0.3, 0.4) is 0 Å². The third-order valence-electron chi connectivity index (χ3n) is 10.6. The summed E-state index contributed by atoms with van der Waals surface area (Å²) in [7, 11) is 0. The van der Waals surface area contributed by atoms with E-state index in [0.717, 1.165) is 12.8 Å². The van der Waals surface area contributed by atoms with Gasteiger partial charge in [0.15, 0.2) is 0 Å². The molecule has 0 radical (unpaired) electrons. The van der Waals surface area contributed by atoms with E-state index in [9.17, 15) is 0 Å². The van der Waals surface area contributed by atoms with E-state index in [1.807, 2.05) is 0 Å². The number of rotatable bonds is 6. The first-order valence-electron chi connectivity index (χ1n) is 19.5. The number of hydrogen-bond acceptors (Lipinski definition) is 0. The van der Waals surface area contributed by atoms with Crippen molar-refractivity contribution in [3.63, 3.8) is 0 Å². The summed E-state index contributed by atoms with van der Waals surface area (Å²) >= 11 is 1.74. The Balaban J connectivity index is 0.000000140. The molecule has 0 spiro atoms. The van der Waals surface area contributed by atoms with Crippen LogP contribution in [0.15, 0.2) is 121 Å². The van der Waals surface area contributed by atoms with Crippen molar-refractivity contribution < 1.29 is 23.3 Å². The van der Waals surface area contributed by atoms with Crippen LogP contribution < -0.4 is 0 Å². The fourth-order valence-corrected chi connectivity index (χ4v) is 8.55. The van der Waals surface area contributed by atoms with Crippen molar-refractivity contribution in [3.8, 4) is 22.3 Å². The van der Waals surface area contributed by atoms with E-state index in [2.05, 4.69) is 186 Å². The maximum absolute atomic E-state index is 2.39. The molecule has 0 nitrogen and oxygen atoms in total. The van der Waals surface area contributed by atoms with Gasteiger partial charge < -0.3 is 0 Å². The van der Waals surface area contributed by atoms with Crippen LogP contribution in [-0.4, -0.2) is 5.43 Å². The zero-order valence-electron chi connectivity index (χ0n) is 32.4. The summed E-state index contributed by atoms with van der Waals surface area (Å²) in [6.07, 6.45) is 11.2. The van der Waals surface area contributed by atoms with Crippen LogP contribution in [0.1, 0.15) is 61.1 Å². The Labute approximate surface area is 336 Å². The third-order valence-corrected chi connectivity index (χ3v) is 10.6. The van der Waals surface area contributed by atoms with Gasteiger partial charge in [-0.3, -0.25) is 0 Å². The van der Waals surface area contributed by atoms with E-state index in [1.165, 1.54) is 98.7 Å². The number of fused-ring (bicyclic) bond motifs is 2. The molecule has 0 saturated carbocycles. The topological polar surface area (TPSA) is 0 Å². The predicted molar refractivity (Wildman–Crippen MR) is 237 cm³/mol. The molecule has 264 valence electrons.